The van der Waals surface area contributed by atoms with Crippen LogP contribution < -0.4 is 4.74 Å². The van der Waals surface area contributed by atoms with Crippen LogP contribution in [0.4, 0.5) is 4.39 Å². The van der Waals surface area contributed by atoms with Gasteiger partial charge >= 0.3 is 0 Å². The summed E-state index contributed by atoms with van der Waals surface area (Å²) in [7, 11) is 1.45. The van der Waals surface area contributed by atoms with Crippen LogP contribution in [0.5, 0.6) is 5.75 Å². The van der Waals surface area contributed by atoms with E-state index >= 15 is 0 Å². The minimum Gasteiger partial charge on any atom is -0.495 e. The van der Waals surface area contributed by atoms with Crippen LogP contribution in [0, 0.1) is 12.7 Å². The van der Waals surface area contributed by atoms with E-state index < -0.39 is 5.82 Å². The normalized spacial score (nSPS) is 10.5. The average Bonchev–Trinajstić information content (AvgIpc) is 2.67. The number of hydrogen-bond acceptors (Lipinski definition) is 4. The first-order valence-electron chi connectivity index (χ1n) is 4.46. The van der Waals surface area contributed by atoms with E-state index in [2.05, 4.69) is 26.1 Å². The first kappa shape index (κ1) is 11.1. The zero-order valence-corrected chi connectivity index (χ0v) is 10.2. The number of rotatable bonds is 2. The Labute approximate surface area is 99.6 Å². The van der Waals surface area contributed by atoms with Crippen molar-refractivity contribution in [1.29, 1.82) is 0 Å². The van der Waals surface area contributed by atoms with Gasteiger partial charge in [-0.15, -0.1) is 10.2 Å². The summed E-state index contributed by atoms with van der Waals surface area (Å²) in [6.45, 7) is 1.64. The molecule has 1 aromatic carbocycles. The molecule has 1 heterocycles. The van der Waals surface area contributed by atoms with Crippen molar-refractivity contribution in [3.05, 3.63) is 28.3 Å². The Balaban J connectivity index is 2.67. The van der Waals surface area contributed by atoms with Crippen molar-refractivity contribution >= 4 is 15.9 Å². The summed E-state index contributed by atoms with van der Waals surface area (Å²) in [5, 5.41) is 7.42. The van der Waals surface area contributed by atoms with E-state index in [0.29, 0.717) is 16.1 Å². The van der Waals surface area contributed by atoms with Gasteiger partial charge in [0.1, 0.15) is 17.1 Å². The maximum Gasteiger partial charge on any atom is 0.254 e. The largest absolute Gasteiger partial charge is 0.495 e. The molecule has 0 radical (unpaired) electrons. The highest BCUT2D eigenvalue weighted by atomic mass is 79.9. The summed E-state index contributed by atoms with van der Waals surface area (Å²) in [4.78, 5) is 0. The summed E-state index contributed by atoms with van der Waals surface area (Å²) in [6, 6.07) is 2.86. The van der Waals surface area contributed by atoms with Crippen LogP contribution in [0.1, 0.15) is 5.89 Å². The van der Waals surface area contributed by atoms with Crippen molar-refractivity contribution in [3.8, 4) is 17.2 Å². The molecule has 0 saturated carbocycles. The van der Waals surface area contributed by atoms with E-state index in [-0.39, 0.29) is 11.5 Å². The maximum absolute atomic E-state index is 13.7. The molecule has 4 nitrogen and oxygen atoms in total. The van der Waals surface area contributed by atoms with Gasteiger partial charge in [-0.05, 0) is 28.1 Å². The Hall–Kier alpha value is -1.43. The zero-order chi connectivity index (χ0) is 11.7. The predicted molar refractivity (Wildman–Crippen MR) is 58.7 cm³/mol. The lowest BCUT2D eigenvalue weighted by atomic mass is 10.2. The van der Waals surface area contributed by atoms with Gasteiger partial charge in [-0.3, -0.25) is 0 Å². The minimum absolute atomic E-state index is 0.105. The minimum atomic E-state index is -0.469. The molecule has 0 aliphatic rings. The quantitative estimate of drug-likeness (QED) is 0.852. The average molecular weight is 287 g/mol. The molecule has 0 aliphatic carbocycles. The Morgan fingerprint density at radius 1 is 1.38 bits per heavy atom. The van der Waals surface area contributed by atoms with Crippen molar-refractivity contribution in [2.24, 2.45) is 0 Å². The highest BCUT2D eigenvalue weighted by Gasteiger charge is 2.19. The van der Waals surface area contributed by atoms with Gasteiger partial charge in [0, 0.05) is 6.92 Å². The van der Waals surface area contributed by atoms with Gasteiger partial charge in [0.05, 0.1) is 11.6 Å². The van der Waals surface area contributed by atoms with Gasteiger partial charge < -0.3 is 9.15 Å². The van der Waals surface area contributed by atoms with Crippen molar-refractivity contribution in [2.75, 3.05) is 7.11 Å². The second-order valence-corrected chi connectivity index (χ2v) is 3.92. The van der Waals surface area contributed by atoms with E-state index in [1.807, 2.05) is 0 Å². The molecule has 16 heavy (non-hydrogen) atoms. The molecule has 6 heteroatoms. The molecule has 0 N–H and O–H groups in total. The molecular weight excluding hydrogens is 279 g/mol. The SMILES string of the molecule is COc1c(Br)ccc(F)c1-c1nnc(C)o1. The van der Waals surface area contributed by atoms with Crippen LogP contribution in [0.3, 0.4) is 0 Å². The summed E-state index contributed by atoms with van der Waals surface area (Å²) < 4.78 is 24.6. The number of hydrogen-bond donors (Lipinski definition) is 0. The summed E-state index contributed by atoms with van der Waals surface area (Å²) in [5.74, 6) is 0.344. The number of ether oxygens (including phenoxy) is 1. The molecule has 0 unspecified atom stereocenters. The topological polar surface area (TPSA) is 48.2 Å². The highest BCUT2D eigenvalue weighted by molar-refractivity contribution is 9.10. The van der Waals surface area contributed by atoms with E-state index in [9.17, 15) is 4.39 Å². The molecule has 0 saturated heterocycles. The fraction of sp³-hybridized carbons (Fsp3) is 0.200. The predicted octanol–water partition coefficient (Wildman–Crippen LogP) is 2.96. The summed E-state index contributed by atoms with van der Waals surface area (Å²) >= 11 is 3.26. The Kier molecular flexibility index (Phi) is 2.91. The molecule has 0 atom stereocenters. The van der Waals surface area contributed by atoms with Crippen molar-refractivity contribution in [1.82, 2.24) is 10.2 Å². The Morgan fingerprint density at radius 2 is 2.12 bits per heavy atom. The van der Waals surface area contributed by atoms with Gasteiger partial charge in [0.15, 0.2) is 0 Å². The van der Waals surface area contributed by atoms with Crippen molar-refractivity contribution < 1.29 is 13.5 Å². The smallest absolute Gasteiger partial charge is 0.254 e. The number of aromatic nitrogens is 2. The molecule has 0 amide bonds. The highest BCUT2D eigenvalue weighted by Crippen LogP contribution is 2.37. The Morgan fingerprint density at radius 3 is 2.69 bits per heavy atom. The van der Waals surface area contributed by atoms with E-state index in [1.165, 1.54) is 13.2 Å². The molecule has 84 valence electrons. The molecule has 1 aromatic heterocycles. The van der Waals surface area contributed by atoms with Crippen LogP contribution in [0.2, 0.25) is 0 Å². The Bertz CT molecular complexity index is 528. The second-order valence-electron chi connectivity index (χ2n) is 3.06. The van der Waals surface area contributed by atoms with E-state index in [1.54, 1.807) is 13.0 Å². The first-order chi connectivity index (χ1) is 7.63. The fourth-order valence-electron chi connectivity index (χ4n) is 1.33. The lowest BCUT2D eigenvalue weighted by Crippen LogP contribution is -1.93. The number of benzene rings is 1. The van der Waals surface area contributed by atoms with E-state index in [0.717, 1.165) is 0 Å². The lowest BCUT2D eigenvalue weighted by molar-refractivity contribution is 0.407. The van der Waals surface area contributed by atoms with Crippen molar-refractivity contribution in [3.63, 3.8) is 0 Å². The van der Waals surface area contributed by atoms with Gasteiger partial charge in [-0.1, -0.05) is 0 Å². The third-order valence-electron chi connectivity index (χ3n) is 2.00. The van der Waals surface area contributed by atoms with E-state index in [4.69, 9.17) is 9.15 Å². The zero-order valence-electron chi connectivity index (χ0n) is 8.62. The lowest BCUT2D eigenvalue weighted by Gasteiger charge is -2.07. The summed E-state index contributed by atoms with van der Waals surface area (Å²) in [6.07, 6.45) is 0. The molecular formula is C10H8BrFN2O2. The molecule has 0 aliphatic heterocycles. The van der Waals surface area contributed by atoms with Gasteiger partial charge in [0.2, 0.25) is 5.89 Å². The molecule has 0 bridgehead atoms. The van der Waals surface area contributed by atoms with Crippen LogP contribution in [0.25, 0.3) is 11.5 Å². The van der Waals surface area contributed by atoms with Crippen LogP contribution in [-0.2, 0) is 0 Å². The number of nitrogens with zero attached hydrogens (tertiary/aromatic N) is 2. The number of methoxy groups -OCH3 is 1. The molecule has 0 fully saturated rings. The molecule has 2 aromatic rings. The number of halogens is 2. The van der Waals surface area contributed by atoms with Crippen LogP contribution in [-0.4, -0.2) is 17.3 Å². The first-order valence-corrected chi connectivity index (χ1v) is 5.25. The number of aryl methyl sites for hydroxylation is 1. The van der Waals surface area contributed by atoms with Crippen molar-refractivity contribution in [2.45, 2.75) is 6.92 Å². The second kappa shape index (κ2) is 4.21. The fourth-order valence-corrected chi connectivity index (χ4v) is 1.82. The third kappa shape index (κ3) is 1.80. The molecule has 0 spiro atoms. The van der Waals surface area contributed by atoms with Gasteiger partial charge in [0.25, 0.3) is 5.89 Å². The monoisotopic (exact) mass is 286 g/mol. The van der Waals surface area contributed by atoms with Crippen LogP contribution in [0.15, 0.2) is 21.0 Å². The van der Waals surface area contributed by atoms with Crippen LogP contribution >= 0.6 is 15.9 Å². The van der Waals surface area contributed by atoms with Gasteiger partial charge in [-0.2, -0.15) is 0 Å². The molecule has 2 rings (SSSR count). The summed E-state index contributed by atoms with van der Waals surface area (Å²) in [5.41, 5.74) is 0.164. The maximum atomic E-state index is 13.7. The van der Waals surface area contributed by atoms with Gasteiger partial charge in [-0.25, -0.2) is 4.39 Å². The standard InChI is InChI=1S/C10H8BrFN2O2/c1-5-13-14-10(16-5)8-7(12)4-3-6(11)9(8)15-2/h3-4H,1-2H3. The third-order valence-corrected chi connectivity index (χ3v) is 2.63.